The number of hydrogen-bond acceptors (Lipinski definition) is 2. The summed E-state index contributed by atoms with van der Waals surface area (Å²) in [5.41, 5.74) is 3.61. The molecule has 0 fully saturated rings. The summed E-state index contributed by atoms with van der Waals surface area (Å²) in [4.78, 5) is 8.76. The highest BCUT2D eigenvalue weighted by atomic mass is 19.2. The Bertz CT molecular complexity index is 1200. The van der Waals surface area contributed by atoms with Crippen LogP contribution in [0.1, 0.15) is 23.6 Å². The molecule has 4 heteroatoms. The second kappa shape index (κ2) is 7.58. The molecule has 0 bridgehead atoms. The summed E-state index contributed by atoms with van der Waals surface area (Å²) in [6.07, 6.45) is 4.58. The summed E-state index contributed by atoms with van der Waals surface area (Å²) in [6, 6.07) is 15.4. The third-order valence-corrected chi connectivity index (χ3v) is 4.49. The minimum absolute atomic E-state index is 0.619. The van der Waals surface area contributed by atoms with Crippen LogP contribution in [-0.2, 0) is 6.42 Å². The lowest BCUT2D eigenvalue weighted by atomic mass is 10.1. The molecule has 3 aromatic carbocycles. The van der Waals surface area contributed by atoms with Gasteiger partial charge in [0.05, 0.1) is 0 Å². The predicted octanol–water partition coefficient (Wildman–Crippen LogP) is 5.54. The van der Waals surface area contributed by atoms with Gasteiger partial charge in [-0.3, -0.25) is 0 Å². The number of benzene rings is 3. The summed E-state index contributed by atoms with van der Waals surface area (Å²) in [6.45, 7) is 2.07. The van der Waals surface area contributed by atoms with Crippen LogP contribution in [0.2, 0.25) is 0 Å². The van der Waals surface area contributed by atoms with Crippen molar-refractivity contribution in [3.05, 3.63) is 95.3 Å². The number of hydrogen-bond donors (Lipinski definition) is 0. The Hall–Kier alpha value is -3.58. The first-order chi connectivity index (χ1) is 13.6. The van der Waals surface area contributed by atoms with Gasteiger partial charge >= 0.3 is 0 Å². The normalized spacial score (nSPS) is 10.5. The van der Waals surface area contributed by atoms with Crippen molar-refractivity contribution in [3.8, 4) is 23.2 Å². The van der Waals surface area contributed by atoms with Crippen molar-refractivity contribution in [3.63, 3.8) is 0 Å². The Morgan fingerprint density at radius 3 is 2.04 bits per heavy atom. The average molecular weight is 370 g/mol. The second-order valence-electron chi connectivity index (χ2n) is 6.42. The van der Waals surface area contributed by atoms with E-state index in [4.69, 9.17) is 0 Å². The fraction of sp³-hybridized carbons (Fsp3) is 0.0833. The number of nitrogens with zero attached hydrogens (tertiary/aromatic N) is 2. The zero-order chi connectivity index (χ0) is 19.5. The van der Waals surface area contributed by atoms with Crippen LogP contribution >= 0.6 is 0 Å². The van der Waals surface area contributed by atoms with E-state index in [0.29, 0.717) is 16.6 Å². The Morgan fingerprint density at radius 1 is 0.750 bits per heavy atom. The highest BCUT2D eigenvalue weighted by Crippen LogP contribution is 2.20. The van der Waals surface area contributed by atoms with Gasteiger partial charge < -0.3 is 0 Å². The first-order valence-corrected chi connectivity index (χ1v) is 8.94. The highest BCUT2D eigenvalue weighted by Gasteiger charge is 2.04. The molecule has 0 atom stereocenters. The van der Waals surface area contributed by atoms with E-state index >= 15 is 0 Å². The largest absolute Gasteiger partial charge is 0.236 e. The van der Waals surface area contributed by atoms with Gasteiger partial charge in [0.2, 0.25) is 0 Å². The lowest BCUT2D eigenvalue weighted by Gasteiger charge is -2.01. The van der Waals surface area contributed by atoms with Crippen molar-refractivity contribution in [2.75, 3.05) is 0 Å². The minimum Gasteiger partial charge on any atom is -0.236 e. The Balaban J connectivity index is 1.57. The van der Waals surface area contributed by atoms with E-state index in [1.165, 1.54) is 12.1 Å². The molecule has 0 spiro atoms. The van der Waals surface area contributed by atoms with Crippen LogP contribution < -0.4 is 0 Å². The average Bonchev–Trinajstić information content (AvgIpc) is 2.73. The molecule has 0 saturated carbocycles. The molecule has 1 heterocycles. The maximum Gasteiger partial charge on any atom is 0.159 e. The fourth-order valence-corrected chi connectivity index (χ4v) is 2.85. The van der Waals surface area contributed by atoms with Crippen molar-refractivity contribution < 1.29 is 8.78 Å². The van der Waals surface area contributed by atoms with Crippen LogP contribution in [0, 0.1) is 23.5 Å². The number of fused-ring (bicyclic) bond motifs is 1. The summed E-state index contributed by atoms with van der Waals surface area (Å²) in [5, 5.41) is 1.26. The monoisotopic (exact) mass is 370 g/mol. The molecule has 4 rings (SSSR count). The van der Waals surface area contributed by atoms with Crippen LogP contribution in [0.15, 0.2) is 67.0 Å². The number of aromatic nitrogens is 2. The first-order valence-electron chi connectivity index (χ1n) is 8.94. The van der Waals surface area contributed by atoms with Gasteiger partial charge in [0.1, 0.15) is 0 Å². The molecule has 28 heavy (non-hydrogen) atoms. The van der Waals surface area contributed by atoms with E-state index in [9.17, 15) is 8.78 Å². The Kier molecular flexibility index (Phi) is 4.82. The van der Waals surface area contributed by atoms with Crippen LogP contribution in [0.3, 0.4) is 0 Å². The van der Waals surface area contributed by atoms with Crippen molar-refractivity contribution in [2.24, 2.45) is 0 Å². The molecular formula is C24H16F2N2. The van der Waals surface area contributed by atoms with Gasteiger partial charge in [-0.1, -0.05) is 24.8 Å². The van der Waals surface area contributed by atoms with E-state index < -0.39 is 11.6 Å². The van der Waals surface area contributed by atoms with Gasteiger partial charge in [-0.2, -0.15) is 0 Å². The highest BCUT2D eigenvalue weighted by molar-refractivity contribution is 5.84. The molecule has 4 aromatic rings. The van der Waals surface area contributed by atoms with Gasteiger partial charge in [-0.15, -0.1) is 0 Å². The molecule has 0 amide bonds. The lowest BCUT2D eigenvalue weighted by molar-refractivity contribution is 0.511. The van der Waals surface area contributed by atoms with Crippen molar-refractivity contribution in [1.82, 2.24) is 9.97 Å². The molecule has 0 radical (unpaired) electrons. The first kappa shape index (κ1) is 17.8. The minimum atomic E-state index is -0.859. The fourth-order valence-electron chi connectivity index (χ4n) is 2.85. The van der Waals surface area contributed by atoms with E-state index in [0.717, 1.165) is 28.7 Å². The van der Waals surface area contributed by atoms with E-state index in [1.54, 1.807) is 18.2 Å². The maximum absolute atomic E-state index is 13.4. The number of rotatable bonds is 2. The zero-order valence-corrected chi connectivity index (χ0v) is 15.2. The lowest BCUT2D eigenvalue weighted by Crippen LogP contribution is -1.91. The molecule has 0 aliphatic carbocycles. The van der Waals surface area contributed by atoms with Crippen LogP contribution in [0.4, 0.5) is 8.78 Å². The number of aryl methyl sites for hydroxylation is 1. The summed E-state index contributed by atoms with van der Waals surface area (Å²) in [5.74, 6) is 5.13. The molecule has 136 valence electrons. The van der Waals surface area contributed by atoms with Crippen molar-refractivity contribution in [2.45, 2.75) is 13.3 Å². The van der Waals surface area contributed by atoms with Gasteiger partial charge in [-0.05, 0) is 71.3 Å². The third-order valence-electron chi connectivity index (χ3n) is 4.49. The second-order valence-corrected chi connectivity index (χ2v) is 6.42. The Labute approximate surface area is 161 Å². The molecular weight excluding hydrogens is 354 g/mol. The van der Waals surface area contributed by atoms with Gasteiger partial charge in [0.25, 0.3) is 0 Å². The summed E-state index contributed by atoms with van der Waals surface area (Å²) < 4.78 is 26.7. The molecule has 0 N–H and O–H groups in total. The molecule has 1 aromatic heterocycles. The number of halogens is 2. The predicted molar refractivity (Wildman–Crippen MR) is 107 cm³/mol. The summed E-state index contributed by atoms with van der Waals surface area (Å²) >= 11 is 0. The Morgan fingerprint density at radius 2 is 1.36 bits per heavy atom. The van der Waals surface area contributed by atoms with E-state index in [2.05, 4.69) is 28.7 Å². The van der Waals surface area contributed by atoms with Gasteiger partial charge in [0.15, 0.2) is 17.5 Å². The quantitative estimate of drug-likeness (QED) is 0.433. The molecule has 0 aliphatic rings. The topological polar surface area (TPSA) is 25.8 Å². The third kappa shape index (κ3) is 3.74. The van der Waals surface area contributed by atoms with E-state index in [-0.39, 0.29) is 0 Å². The van der Waals surface area contributed by atoms with Gasteiger partial charge in [-0.25, -0.2) is 18.7 Å². The molecule has 2 nitrogen and oxygen atoms in total. The summed E-state index contributed by atoms with van der Waals surface area (Å²) in [7, 11) is 0. The van der Waals surface area contributed by atoms with E-state index in [1.807, 2.05) is 36.7 Å². The SMILES string of the molecule is CCc1cnc(-c2ccc(C#Cc3ccc4cc(F)c(F)cc4c3)cc2)nc1. The maximum atomic E-state index is 13.4. The zero-order valence-electron chi connectivity index (χ0n) is 15.2. The standard InChI is InChI=1S/C24H16F2N2/c1-2-16-14-27-24(28-15-16)19-8-5-17(6-9-19)3-4-18-7-10-20-12-22(25)23(26)13-21(20)11-18/h5-15H,2H2,1H3. The molecule has 0 saturated heterocycles. The van der Waals surface area contributed by atoms with Gasteiger partial charge in [0, 0.05) is 29.1 Å². The smallest absolute Gasteiger partial charge is 0.159 e. The van der Waals surface area contributed by atoms with Crippen LogP contribution in [0.5, 0.6) is 0 Å². The molecule has 0 aliphatic heterocycles. The van der Waals surface area contributed by atoms with Crippen molar-refractivity contribution in [1.29, 1.82) is 0 Å². The molecule has 0 unspecified atom stereocenters. The van der Waals surface area contributed by atoms with Crippen LogP contribution in [-0.4, -0.2) is 9.97 Å². The van der Waals surface area contributed by atoms with Crippen LogP contribution in [0.25, 0.3) is 22.2 Å². The van der Waals surface area contributed by atoms with Crippen molar-refractivity contribution >= 4 is 10.8 Å².